The molecule has 142 valence electrons. The predicted molar refractivity (Wildman–Crippen MR) is 101 cm³/mol. The van der Waals surface area contributed by atoms with Gasteiger partial charge in [0, 0.05) is 24.5 Å². The number of amides is 1. The van der Waals surface area contributed by atoms with Crippen LogP contribution in [0.3, 0.4) is 0 Å². The lowest BCUT2D eigenvalue weighted by molar-refractivity contribution is -0.118. The van der Waals surface area contributed by atoms with Crippen molar-refractivity contribution in [1.29, 1.82) is 0 Å². The number of aliphatic hydroxyl groups excluding tert-OH is 1. The van der Waals surface area contributed by atoms with Gasteiger partial charge in [-0.3, -0.25) is 14.9 Å². The van der Waals surface area contributed by atoms with Gasteiger partial charge in [-0.25, -0.2) is 0 Å². The predicted octanol–water partition coefficient (Wildman–Crippen LogP) is 2.78. The number of aromatic amines is 1. The van der Waals surface area contributed by atoms with Crippen LogP contribution in [0.15, 0.2) is 30.6 Å². The molecule has 3 N–H and O–H groups in total. The largest absolute Gasteiger partial charge is 0.391 e. The summed E-state index contributed by atoms with van der Waals surface area (Å²) in [5.74, 6) is 2.15. The molecule has 1 atom stereocenters. The topological polar surface area (TPSA) is 90.9 Å². The fourth-order valence-electron chi connectivity index (χ4n) is 6.20. The van der Waals surface area contributed by atoms with Crippen molar-refractivity contribution in [2.24, 2.45) is 23.2 Å². The van der Waals surface area contributed by atoms with Gasteiger partial charge in [0.2, 0.25) is 0 Å². The molecule has 4 fully saturated rings. The van der Waals surface area contributed by atoms with Gasteiger partial charge in [-0.15, -0.1) is 0 Å². The molecular weight excluding hydrogens is 340 g/mol. The SMILES string of the molecule is O=C(NC[C@@H](O)C12CC3CC(CC(C3)C1)C2)c1cc(-c2ccncc2)n[nH]1. The number of carbonyl (C=O) groups excluding carboxylic acids is 1. The van der Waals surface area contributed by atoms with Gasteiger partial charge in [0.05, 0.1) is 11.8 Å². The zero-order valence-corrected chi connectivity index (χ0v) is 15.4. The van der Waals surface area contributed by atoms with E-state index in [1.165, 1.54) is 19.3 Å². The summed E-state index contributed by atoms with van der Waals surface area (Å²) in [5.41, 5.74) is 2.07. The van der Waals surface area contributed by atoms with Gasteiger partial charge in [-0.2, -0.15) is 5.10 Å². The van der Waals surface area contributed by atoms with Crippen molar-refractivity contribution in [2.45, 2.75) is 44.6 Å². The number of nitrogens with one attached hydrogen (secondary N) is 2. The van der Waals surface area contributed by atoms with Crippen LogP contribution in [0.1, 0.15) is 49.0 Å². The molecule has 0 spiro atoms. The number of nitrogens with zero attached hydrogens (tertiary/aromatic N) is 2. The molecule has 2 heterocycles. The summed E-state index contributed by atoms with van der Waals surface area (Å²) < 4.78 is 0. The smallest absolute Gasteiger partial charge is 0.269 e. The third-order valence-electron chi connectivity index (χ3n) is 7.05. The first kappa shape index (κ1) is 16.9. The minimum Gasteiger partial charge on any atom is -0.391 e. The molecule has 4 bridgehead atoms. The number of hydrogen-bond acceptors (Lipinski definition) is 4. The molecule has 2 aromatic heterocycles. The first-order valence-electron chi connectivity index (χ1n) is 10.0. The maximum absolute atomic E-state index is 12.5. The summed E-state index contributed by atoms with van der Waals surface area (Å²) in [6, 6.07) is 5.45. The maximum atomic E-state index is 12.5. The van der Waals surface area contributed by atoms with Crippen LogP contribution in [0.4, 0.5) is 0 Å². The van der Waals surface area contributed by atoms with Gasteiger partial charge >= 0.3 is 0 Å². The Balaban J connectivity index is 1.23. The lowest BCUT2D eigenvalue weighted by atomic mass is 9.48. The highest BCUT2D eigenvalue weighted by atomic mass is 16.3. The van der Waals surface area contributed by atoms with Crippen LogP contribution in [-0.4, -0.2) is 38.8 Å². The van der Waals surface area contributed by atoms with E-state index in [2.05, 4.69) is 20.5 Å². The number of hydrogen-bond donors (Lipinski definition) is 3. The molecule has 6 nitrogen and oxygen atoms in total. The minimum atomic E-state index is -0.461. The highest BCUT2D eigenvalue weighted by molar-refractivity contribution is 5.93. The van der Waals surface area contributed by atoms with E-state index in [1.54, 1.807) is 18.5 Å². The molecule has 6 rings (SSSR count). The lowest BCUT2D eigenvalue weighted by Crippen LogP contribution is -2.54. The normalized spacial score (nSPS) is 32.4. The van der Waals surface area contributed by atoms with Crippen molar-refractivity contribution in [1.82, 2.24) is 20.5 Å². The number of aromatic nitrogens is 3. The van der Waals surface area contributed by atoms with E-state index in [1.807, 2.05) is 12.1 Å². The molecule has 0 aromatic carbocycles. The standard InChI is InChI=1S/C21H26N4O2/c26-19(21-9-13-5-14(10-21)7-15(6-13)11-21)12-23-20(27)18-8-17(24-25-18)16-1-3-22-4-2-16/h1-4,8,13-15,19,26H,5-7,9-12H2,(H,23,27)(H,24,25)/t13?,14?,15?,19-,21?/m1/s1. The van der Waals surface area contributed by atoms with E-state index in [9.17, 15) is 9.90 Å². The van der Waals surface area contributed by atoms with Crippen LogP contribution in [0, 0.1) is 23.2 Å². The summed E-state index contributed by atoms with van der Waals surface area (Å²) in [4.78, 5) is 16.5. The van der Waals surface area contributed by atoms with Gasteiger partial charge < -0.3 is 10.4 Å². The molecule has 0 radical (unpaired) electrons. The third kappa shape index (κ3) is 3.06. The first-order valence-corrected chi connectivity index (χ1v) is 10.0. The average molecular weight is 366 g/mol. The van der Waals surface area contributed by atoms with E-state index >= 15 is 0 Å². The quantitative estimate of drug-likeness (QED) is 0.759. The summed E-state index contributed by atoms with van der Waals surface area (Å²) in [6.45, 7) is 0.314. The fraction of sp³-hybridized carbons (Fsp3) is 0.571. The Morgan fingerprint density at radius 3 is 2.44 bits per heavy atom. The molecule has 0 unspecified atom stereocenters. The average Bonchev–Trinajstić information content (AvgIpc) is 3.16. The molecule has 4 saturated carbocycles. The summed E-state index contributed by atoms with van der Waals surface area (Å²) in [5, 5.41) is 20.9. The van der Waals surface area contributed by atoms with Crippen LogP contribution >= 0.6 is 0 Å². The molecule has 4 aliphatic carbocycles. The summed E-state index contributed by atoms with van der Waals surface area (Å²) in [7, 11) is 0. The zero-order chi connectivity index (χ0) is 18.4. The Morgan fingerprint density at radius 2 is 1.81 bits per heavy atom. The second kappa shape index (κ2) is 6.44. The zero-order valence-electron chi connectivity index (χ0n) is 15.4. The molecule has 1 amide bonds. The molecule has 6 heteroatoms. The highest BCUT2D eigenvalue weighted by Gasteiger charge is 2.53. The van der Waals surface area contributed by atoms with E-state index in [4.69, 9.17) is 0 Å². The molecule has 2 aromatic rings. The van der Waals surface area contributed by atoms with Crippen LogP contribution in [0.25, 0.3) is 11.3 Å². The molecular formula is C21H26N4O2. The van der Waals surface area contributed by atoms with Crippen LogP contribution in [0.5, 0.6) is 0 Å². The number of aliphatic hydroxyl groups is 1. The summed E-state index contributed by atoms with van der Waals surface area (Å²) >= 11 is 0. The van der Waals surface area contributed by atoms with Crippen molar-refractivity contribution < 1.29 is 9.90 Å². The van der Waals surface area contributed by atoms with Crippen LogP contribution < -0.4 is 5.32 Å². The van der Waals surface area contributed by atoms with Gasteiger partial charge in [0.15, 0.2) is 0 Å². The Hall–Kier alpha value is -2.21. The van der Waals surface area contributed by atoms with E-state index in [-0.39, 0.29) is 11.3 Å². The van der Waals surface area contributed by atoms with E-state index in [0.717, 1.165) is 42.6 Å². The summed E-state index contributed by atoms with van der Waals surface area (Å²) in [6.07, 6.45) is 10.4. The fourth-order valence-corrected chi connectivity index (χ4v) is 6.20. The van der Waals surface area contributed by atoms with Crippen LogP contribution in [0.2, 0.25) is 0 Å². The molecule has 0 saturated heterocycles. The van der Waals surface area contributed by atoms with Crippen molar-refractivity contribution >= 4 is 5.91 Å². The Morgan fingerprint density at radius 1 is 1.19 bits per heavy atom. The van der Waals surface area contributed by atoms with E-state index < -0.39 is 6.10 Å². The molecule has 4 aliphatic rings. The van der Waals surface area contributed by atoms with E-state index in [0.29, 0.717) is 17.9 Å². The highest BCUT2D eigenvalue weighted by Crippen LogP contribution is 2.61. The Bertz CT molecular complexity index is 796. The molecule has 0 aliphatic heterocycles. The first-order chi connectivity index (χ1) is 13.1. The van der Waals surface area contributed by atoms with Gasteiger partial charge in [0.25, 0.3) is 5.91 Å². The van der Waals surface area contributed by atoms with Gasteiger partial charge in [-0.05, 0) is 79.9 Å². The van der Waals surface area contributed by atoms with Crippen molar-refractivity contribution in [3.63, 3.8) is 0 Å². The van der Waals surface area contributed by atoms with Crippen molar-refractivity contribution in [3.05, 3.63) is 36.3 Å². The van der Waals surface area contributed by atoms with Gasteiger partial charge in [0.1, 0.15) is 5.69 Å². The number of pyridine rings is 1. The minimum absolute atomic E-state index is 0.0260. The van der Waals surface area contributed by atoms with Crippen molar-refractivity contribution in [3.8, 4) is 11.3 Å². The Kier molecular flexibility index (Phi) is 4.04. The number of carbonyl (C=O) groups is 1. The Labute approximate surface area is 158 Å². The lowest BCUT2D eigenvalue weighted by Gasteiger charge is -2.58. The maximum Gasteiger partial charge on any atom is 0.269 e. The second-order valence-electron chi connectivity index (χ2n) is 8.91. The number of H-pyrrole nitrogens is 1. The monoisotopic (exact) mass is 366 g/mol. The number of rotatable bonds is 5. The molecule has 27 heavy (non-hydrogen) atoms. The van der Waals surface area contributed by atoms with Gasteiger partial charge in [-0.1, -0.05) is 0 Å². The van der Waals surface area contributed by atoms with Crippen molar-refractivity contribution in [2.75, 3.05) is 6.54 Å². The van der Waals surface area contributed by atoms with Crippen LogP contribution in [-0.2, 0) is 0 Å². The third-order valence-corrected chi connectivity index (χ3v) is 7.05. The second-order valence-corrected chi connectivity index (χ2v) is 8.91.